The van der Waals surface area contributed by atoms with Gasteiger partial charge in [-0.1, -0.05) is 48.5 Å². The molecule has 2 aromatic carbocycles. The van der Waals surface area contributed by atoms with Crippen molar-refractivity contribution in [2.75, 3.05) is 6.54 Å². The lowest BCUT2D eigenvalue weighted by Gasteiger charge is -2.38. The molecule has 0 aliphatic carbocycles. The second-order valence-corrected chi connectivity index (χ2v) is 6.56. The lowest BCUT2D eigenvalue weighted by Crippen LogP contribution is -2.51. The van der Waals surface area contributed by atoms with E-state index in [0.717, 1.165) is 25.9 Å². The molecule has 1 N–H and O–H groups in total. The number of amides is 1. The van der Waals surface area contributed by atoms with Crippen LogP contribution in [0.2, 0.25) is 0 Å². The number of fused-ring (bicyclic) bond motifs is 2. The standard InChI is InChI=1S/C20H22N2O/c1-14-18-9-5-4-6-15(18)10-11-22(14)20(23)19-12-16-7-2-3-8-17(16)13-21-19/h2-9,14,19,21H,10-13H2,1H3/t14?,19-/m0/s1. The Hall–Kier alpha value is -2.13. The van der Waals surface area contributed by atoms with Crippen LogP contribution in [0.1, 0.15) is 35.2 Å². The Balaban J connectivity index is 1.54. The van der Waals surface area contributed by atoms with Crippen molar-refractivity contribution >= 4 is 5.91 Å². The quantitative estimate of drug-likeness (QED) is 0.878. The average molecular weight is 306 g/mol. The van der Waals surface area contributed by atoms with Gasteiger partial charge in [0, 0.05) is 13.1 Å². The van der Waals surface area contributed by atoms with E-state index in [1.54, 1.807) is 0 Å². The first kappa shape index (κ1) is 14.5. The first-order chi connectivity index (χ1) is 11.2. The number of nitrogens with one attached hydrogen (secondary N) is 1. The summed E-state index contributed by atoms with van der Waals surface area (Å²) in [5, 5.41) is 3.43. The highest BCUT2D eigenvalue weighted by atomic mass is 16.2. The summed E-state index contributed by atoms with van der Waals surface area (Å²) in [4.78, 5) is 15.1. The van der Waals surface area contributed by atoms with E-state index in [1.165, 1.54) is 22.3 Å². The van der Waals surface area contributed by atoms with Gasteiger partial charge in [0.25, 0.3) is 0 Å². The average Bonchev–Trinajstić information content (AvgIpc) is 2.61. The summed E-state index contributed by atoms with van der Waals surface area (Å²) >= 11 is 0. The van der Waals surface area contributed by atoms with Crippen LogP contribution in [0.4, 0.5) is 0 Å². The van der Waals surface area contributed by atoms with Crippen molar-refractivity contribution in [3.63, 3.8) is 0 Å². The zero-order chi connectivity index (χ0) is 15.8. The van der Waals surface area contributed by atoms with Crippen LogP contribution in [0, 0.1) is 0 Å². The Morgan fingerprint density at radius 2 is 1.74 bits per heavy atom. The van der Waals surface area contributed by atoms with Gasteiger partial charge in [-0.15, -0.1) is 0 Å². The molecule has 3 heteroatoms. The van der Waals surface area contributed by atoms with E-state index in [2.05, 4.69) is 60.8 Å². The Morgan fingerprint density at radius 3 is 2.57 bits per heavy atom. The minimum Gasteiger partial charge on any atom is -0.334 e. The lowest BCUT2D eigenvalue weighted by molar-refractivity contribution is -0.136. The molecule has 4 rings (SSSR count). The van der Waals surface area contributed by atoms with Crippen LogP contribution in [0.5, 0.6) is 0 Å². The maximum absolute atomic E-state index is 13.0. The Labute approximate surface area is 137 Å². The monoisotopic (exact) mass is 306 g/mol. The number of rotatable bonds is 1. The van der Waals surface area contributed by atoms with Crippen LogP contribution in [-0.4, -0.2) is 23.4 Å². The molecule has 0 saturated carbocycles. The van der Waals surface area contributed by atoms with E-state index in [4.69, 9.17) is 0 Å². The third kappa shape index (κ3) is 2.55. The number of carbonyl (C=O) groups excluding carboxylic acids is 1. The fourth-order valence-electron chi connectivity index (χ4n) is 3.90. The van der Waals surface area contributed by atoms with Crippen molar-refractivity contribution in [2.45, 2.75) is 38.4 Å². The van der Waals surface area contributed by atoms with Gasteiger partial charge in [0.15, 0.2) is 0 Å². The van der Waals surface area contributed by atoms with Crippen molar-refractivity contribution in [1.82, 2.24) is 10.2 Å². The van der Waals surface area contributed by atoms with E-state index in [0.29, 0.717) is 0 Å². The van der Waals surface area contributed by atoms with Crippen molar-refractivity contribution in [1.29, 1.82) is 0 Å². The first-order valence-electron chi connectivity index (χ1n) is 8.42. The zero-order valence-electron chi connectivity index (χ0n) is 13.5. The minimum absolute atomic E-state index is 0.0994. The third-order valence-corrected chi connectivity index (χ3v) is 5.26. The lowest BCUT2D eigenvalue weighted by atomic mass is 9.91. The molecule has 1 amide bonds. The summed E-state index contributed by atoms with van der Waals surface area (Å²) in [5.41, 5.74) is 5.29. The molecule has 1 unspecified atom stereocenters. The summed E-state index contributed by atoms with van der Waals surface area (Å²) in [6, 6.07) is 17.0. The predicted octanol–water partition coefficient (Wildman–Crippen LogP) is 2.85. The normalized spacial score (nSPS) is 23.1. The summed E-state index contributed by atoms with van der Waals surface area (Å²) in [6.07, 6.45) is 1.75. The number of benzene rings is 2. The molecule has 118 valence electrons. The van der Waals surface area contributed by atoms with Crippen molar-refractivity contribution in [2.24, 2.45) is 0 Å². The van der Waals surface area contributed by atoms with Gasteiger partial charge in [0.2, 0.25) is 5.91 Å². The summed E-state index contributed by atoms with van der Waals surface area (Å²) in [6.45, 7) is 3.74. The molecule has 0 spiro atoms. The van der Waals surface area contributed by atoms with Gasteiger partial charge in [-0.3, -0.25) is 4.79 Å². The molecule has 3 nitrogen and oxygen atoms in total. The van der Waals surface area contributed by atoms with Gasteiger partial charge >= 0.3 is 0 Å². The predicted molar refractivity (Wildman–Crippen MR) is 91.0 cm³/mol. The van der Waals surface area contributed by atoms with Crippen LogP contribution < -0.4 is 5.32 Å². The fraction of sp³-hybridized carbons (Fsp3) is 0.350. The van der Waals surface area contributed by atoms with Gasteiger partial charge in [-0.25, -0.2) is 0 Å². The topological polar surface area (TPSA) is 32.3 Å². The molecule has 0 fully saturated rings. The van der Waals surface area contributed by atoms with Crippen LogP contribution in [0.15, 0.2) is 48.5 Å². The van der Waals surface area contributed by atoms with Gasteiger partial charge in [-0.2, -0.15) is 0 Å². The molecule has 2 aliphatic rings. The molecule has 2 heterocycles. The van der Waals surface area contributed by atoms with Gasteiger partial charge in [0.1, 0.15) is 0 Å². The van der Waals surface area contributed by atoms with E-state index in [9.17, 15) is 4.79 Å². The second-order valence-electron chi connectivity index (χ2n) is 6.56. The number of hydrogen-bond donors (Lipinski definition) is 1. The number of carbonyl (C=O) groups is 1. The highest BCUT2D eigenvalue weighted by Gasteiger charge is 2.33. The maximum atomic E-state index is 13.0. The van der Waals surface area contributed by atoms with Crippen LogP contribution in [-0.2, 0) is 24.2 Å². The Kier molecular flexibility index (Phi) is 3.66. The SMILES string of the molecule is CC1c2ccccc2CCN1C(=O)[C@@H]1Cc2ccccc2CN1. The molecule has 23 heavy (non-hydrogen) atoms. The van der Waals surface area contributed by atoms with Gasteiger partial charge < -0.3 is 10.2 Å². The van der Waals surface area contributed by atoms with Crippen LogP contribution >= 0.6 is 0 Å². The third-order valence-electron chi connectivity index (χ3n) is 5.26. The van der Waals surface area contributed by atoms with Crippen LogP contribution in [0.3, 0.4) is 0 Å². The summed E-state index contributed by atoms with van der Waals surface area (Å²) in [7, 11) is 0. The molecule has 0 bridgehead atoms. The molecule has 2 aromatic rings. The van der Waals surface area contributed by atoms with Crippen molar-refractivity contribution < 1.29 is 4.79 Å². The number of nitrogens with zero attached hydrogens (tertiary/aromatic N) is 1. The van der Waals surface area contributed by atoms with Crippen LogP contribution in [0.25, 0.3) is 0 Å². The highest BCUT2D eigenvalue weighted by molar-refractivity contribution is 5.83. The molecule has 2 atom stereocenters. The van der Waals surface area contributed by atoms with Crippen molar-refractivity contribution in [3.05, 3.63) is 70.8 Å². The minimum atomic E-state index is -0.0994. The van der Waals surface area contributed by atoms with E-state index in [-0.39, 0.29) is 18.0 Å². The van der Waals surface area contributed by atoms with E-state index in [1.807, 2.05) is 4.90 Å². The first-order valence-corrected chi connectivity index (χ1v) is 8.42. The largest absolute Gasteiger partial charge is 0.334 e. The molecule has 0 aromatic heterocycles. The summed E-state index contributed by atoms with van der Waals surface area (Å²) < 4.78 is 0. The molecule has 2 aliphatic heterocycles. The molecule has 0 saturated heterocycles. The van der Waals surface area contributed by atoms with E-state index < -0.39 is 0 Å². The summed E-state index contributed by atoms with van der Waals surface area (Å²) in [5.74, 6) is 0.238. The maximum Gasteiger partial charge on any atom is 0.240 e. The zero-order valence-corrected chi connectivity index (χ0v) is 13.5. The second kappa shape index (κ2) is 5.82. The molecule has 0 radical (unpaired) electrons. The smallest absolute Gasteiger partial charge is 0.240 e. The Bertz CT molecular complexity index is 740. The molecular weight excluding hydrogens is 284 g/mol. The van der Waals surface area contributed by atoms with E-state index >= 15 is 0 Å². The highest BCUT2D eigenvalue weighted by Crippen LogP contribution is 2.30. The van der Waals surface area contributed by atoms with Crippen molar-refractivity contribution in [3.8, 4) is 0 Å². The fourth-order valence-corrected chi connectivity index (χ4v) is 3.90. The van der Waals surface area contributed by atoms with Gasteiger partial charge in [0.05, 0.1) is 12.1 Å². The molecular formula is C20H22N2O. The number of hydrogen-bond acceptors (Lipinski definition) is 2. The van der Waals surface area contributed by atoms with Gasteiger partial charge in [-0.05, 0) is 42.0 Å². The Morgan fingerprint density at radius 1 is 1.04 bits per heavy atom.